The molecule has 0 aliphatic carbocycles. The van der Waals surface area contributed by atoms with Crippen molar-refractivity contribution in [1.82, 2.24) is 9.13 Å². The van der Waals surface area contributed by atoms with E-state index >= 15 is 0 Å². The van der Waals surface area contributed by atoms with E-state index in [0.717, 1.165) is 0 Å². The van der Waals surface area contributed by atoms with Crippen LogP contribution in [0.3, 0.4) is 0 Å². The van der Waals surface area contributed by atoms with Crippen LogP contribution in [0.4, 0.5) is 0 Å². The van der Waals surface area contributed by atoms with Gasteiger partial charge in [0.2, 0.25) is 0 Å². The van der Waals surface area contributed by atoms with E-state index in [9.17, 15) is 0 Å². The third-order valence-corrected chi connectivity index (χ3v) is 13.7. The quantitative estimate of drug-likeness (QED) is 0.179. The van der Waals surface area contributed by atoms with E-state index in [2.05, 4.69) is 124 Å². The third kappa shape index (κ3) is 2.16. The van der Waals surface area contributed by atoms with Gasteiger partial charge in [0, 0.05) is 0 Å². The maximum absolute atomic E-state index is 2.58. The van der Waals surface area contributed by atoms with Gasteiger partial charge in [-0.15, -0.1) is 0 Å². The van der Waals surface area contributed by atoms with Gasteiger partial charge in [-0.05, 0) is 0 Å². The van der Waals surface area contributed by atoms with E-state index in [1.165, 1.54) is 55.2 Å². The molecule has 0 spiro atoms. The zero-order chi connectivity index (χ0) is 22.7. The first-order chi connectivity index (χ1) is 17.4. The number of hydrogen-bond donors (Lipinski definition) is 0. The van der Waals surface area contributed by atoms with Crippen LogP contribution in [0.15, 0.2) is 115 Å². The molecule has 2 aliphatic heterocycles. The van der Waals surface area contributed by atoms with Gasteiger partial charge in [0.05, 0.1) is 0 Å². The molecule has 0 saturated heterocycles. The fraction of sp³-hybridized carbons (Fsp3) is 0. The molecule has 0 radical (unpaired) electrons. The minimum absolute atomic E-state index is 1.26. The fourth-order valence-corrected chi connectivity index (χ4v) is 13.2. The Labute approximate surface area is 209 Å². The van der Waals surface area contributed by atoms with Crippen molar-refractivity contribution in [3.63, 3.8) is 0 Å². The van der Waals surface area contributed by atoms with Crippen molar-refractivity contribution in [3.05, 3.63) is 126 Å². The average Bonchev–Trinajstić information content (AvgIpc) is 3.62. The molecule has 2 aliphatic rings. The Balaban J connectivity index is 1.39. The van der Waals surface area contributed by atoms with Gasteiger partial charge < -0.3 is 0 Å². The molecule has 0 fully saturated rings. The average molecular weight is 558 g/mol. The SMILES string of the molecule is c1ccc2c(c1)-c1c3n(c4ccccc14)-c1ccc(-n4c5ccccc5c5ccccc54)cc1I23. The second-order valence-corrected chi connectivity index (χ2v) is 14.3. The second-order valence-electron chi connectivity index (χ2n) is 9.29. The summed E-state index contributed by atoms with van der Waals surface area (Å²) in [7, 11) is 0. The van der Waals surface area contributed by atoms with Crippen LogP contribution >= 0.6 is 19.8 Å². The number of aromatic nitrogens is 2. The van der Waals surface area contributed by atoms with Crippen LogP contribution in [0.5, 0.6) is 0 Å². The van der Waals surface area contributed by atoms with Gasteiger partial charge in [-0.25, -0.2) is 0 Å². The zero-order valence-electron chi connectivity index (χ0n) is 18.7. The van der Waals surface area contributed by atoms with Gasteiger partial charge in [0.25, 0.3) is 0 Å². The molecule has 0 atom stereocenters. The van der Waals surface area contributed by atoms with Crippen LogP contribution in [-0.4, -0.2) is 9.13 Å². The summed E-state index contributed by atoms with van der Waals surface area (Å²) in [5.41, 5.74) is 9.47. The number of benzene rings is 5. The summed E-state index contributed by atoms with van der Waals surface area (Å²) in [6.07, 6.45) is 0. The van der Waals surface area contributed by atoms with E-state index in [1.54, 1.807) is 10.8 Å². The van der Waals surface area contributed by atoms with E-state index in [0.29, 0.717) is 0 Å². The van der Waals surface area contributed by atoms with Crippen molar-refractivity contribution >= 4 is 52.5 Å². The number of halogens is 1. The molecule has 0 amide bonds. The molecule has 2 aromatic heterocycles. The zero-order valence-corrected chi connectivity index (χ0v) is 20.9. The van der Waals surface area contributed by atoms with Gasteiger partial charge in [-0.3, -0.25) is 0 Å². The summed E-state index contributed by atoms with van der Waals surface area (Å²) in [5.74, 6) is 0. The molecule has 0 saturated carbocycles. The summed E-state index contributed by atoms with van der Waals surface area (Å²) in [5, 5.41) is 4.02. The van der Waals surface area contributed by atoms with Crippen LogP contribution in [0.1, 0.15) is 0 Å². The first-order valence-electron chi connectivity index (χ1n) is 12.0. The summed E-state index contributed by atoms with van der Waals surface area (Å²) in [6, 6.07) is 42.9. The van der Waals surface area contributed by atoms with Crippen molar-refractivity contribution in [2.45, 2.75) is 0 Å². The van der Waals surface area contributed by atoms with Crippen molar-refractivity contribution in [2.24, 2.45) is 0 Å². The van der Waals surface area contributed by atoms with Gasteiger partial charge in [-0.1, -0.05) is 0 Å². The minimum atomic E-state index is -1.78. The number of hydrogen-bond acceptors (Lipinski definition) is 0. The Hall–Kier alpha value is -3.83. The van der Waals surface area contributed by atoms with Gasteiger partial charge in [0.15, 0.2) is 0 Å². The summed E-state index contributed by atoms with van der Waals surface area (Å²) in [6.45, 7) is 0. The van der Waals surface area contributed by atoms with Crippen LogP contribution in [0.2, 0.25) is 0 Å². The third-order valence-electron chi connectivity index (χ3n) is 7.56. The Morgan fingerprint density at radius 1 is 0.486 bits per heavy atom. The van der Waals surface area contributed by atoms with E-state index < -0.39 is 19.8 Å². The normalized spacial score (nSPS) is 14.1. The molecule has 2 nitrogen and oxygen atoms in total. The second kappa shape index (κ2) is 6.43. The van der Waals surface area contributed by atoms with Gasteiger partial charge in [-0.2, -0.15) is 0 Å². The maximum atomic E-state index is 2.58. The Morgan fingerprint density at radius 3 is 1.83 bits per heavy atom. The molecule has 0 unspecified atom stereocenters. The Kier molecular flexibility index (Phi) is 3.40. The fourth-order valence-electron chi connectivity index (χ4n) is 6.18. The monoisotopic (exact) mass is 558 g/mol. The molecule has 0 bridgehead atoms. The van der Waals surface area contributed by atoms with Gasteiger partial charge >= 0.3 is 210 Å². The van der Waals surface area contributed by atoms with Crippen LogP contribution in [-0.2, 0) is 0 Å². The number of rotatable bonds is 1. The summed E-state index contributed by atoms with van der Waals surface area (Å²) in [4.78, 5) is 0. The summed E-state index contributed by atoms with van der Waals surface area (Å²) < 4.78 is 9.77. The van der Waals surface area contributed by atoms with E-state index in [1.807, 2.05) is 0 Å². The molecule has 0 N–H and O–H groups in total. The number of nitrogens with zero attached hydrogens (tertiary/aromatic N) is 2. The van der Waals surface area contributed by atoms with Crippen LogP contribution in [0.25, 0.3) is 55.2 Å². The first-order valence-corrected chi connectivity index (χ1v) is 15.2. The molecule has 4 heterocycles. The molecule has 164 valence electrons. The number of fused-ring (bicyclic) bond motifs is 12. The standard InChI is InChI=1S/C32H19IN2/c1-5-13-25-23(11-1)31-24-12-4-8-16-29(24)35-30-18-17-20(19-26(30)33(25)32(31)35)34-27-14-6-2-9-21(27)22-10-3-7-15-28(22)34/h1-19H. The van der Waals surface area contributed by atoms with Crippen LogP contribution < -0.4 is 0 Å². The Bertz CT molecular complexity index is 1970. The molecule has 3 heteroatoms. The van der Waals surface area contributed by atoms with Crippen molar-refractivity contribution < 1.29 is 0 Å². The van der Waals surface area contributed by atoms with Crippen molar-refractivity contribution in [3.8, 4) is 22.5 Å². The van der Waals surface area contributed by atoms with Gasteiger partial charge in [0.1, 0.15) is 0 Å². The Morgan fingerprint density at radius 2 is 1.09 bits per heavy atom. The van der Waals surface area contributed by atoms with E-state index in [4.69, 9.17) is 0 Å². The van der Waals surface area contributed by atoms with Crippen molar-refractivity contribution in [1.29, 1.82) is 0 Å². The first kappa shape index (κ1) is 18.5. The predicted molar refractivity (Wildman–Crippen MR) is 153 cm³/mol. The molecular formula is C32H19IN2. The van der Waals surface area contributed by atoms with Crippen molar-refractivity contribution in [2.75, 3.05) is 0 Å². The summed E-state index contributed by atoms with van der Waals surface area (Å²) >= 11 is -1.78. The topological polar surface area (TPSA) is 9.86 Å². The molecule has 7 aromatic rings. The number of para-hydroxylation sites is 3. The molecule has 35 heavy (non-hydrogen) atoms. The molecular weight excluding hydrogens is 539 g/mol. The molecule has 9 rings (SSSR count). The van der Waals surface area contributed by atoms with E-state index in [-0.39, 0.29) is 0 Å². The predicted octanol–water partition coefficient (Wildman–Crippen LogP) is 8.44. The van der Waals surface area contributed by atoms with Crippen LogP contribution in [0, 0.1) is 10.8 Å². The molecule has 5 aromatic carbocycles.